The third-order valence-electron chi connectivity index (χ3n) is 3.56. The Kier molecular flexibility index (Phi) is 5.25. The summed E-state index contributed by atoms with van der Waals surface area (Å²) in [7, 11) is 0. The van der Waals surface area contributed by atoms with Gasteiger partial charge in [0.2, 0.25) is 11.8 Å². The fourth-order valence-electron chi connectivity index (χ4n) is 2.27. The van der Waals surface area contributed by atoms with E-state index in [1.807, 2.05) is 0 Å². The van der Waals surface area contributed by atoms with Crippen LogP contribution < -0.4 is 5.32 Å². The summed E-state index contributed by atoms with van der Waals surface area (Å²) in [5.74, 6) is -1.23. The van der Waals surface area contributed by atoms with Gasteiger partial charge in [0.1, 0.15) is 12.3 Å². The molecule has 3 rings (SSSR count). The number of amides is 2. The summed E-state index contributed by atoms with van der Waals surface area (Å²) in [6.45, 7) is -0.423. The normalized spacial score (nSPS) is 11.4. The molecule has 0 radical (unpaired) electrons. The molecule has 0 saturated carbocycles. The molecule has 0 aliphatic heterocycles. The number of nitro groups is 1. The van der Waals surface area contributed by atoms with Crippen LogP contribution in [-0.4, -0.2) is 33.4 Å². The molecule has 0 spiro atoms. The van der Waals surface area contributed by atoms with Crippen LogP contribution in [0.5, 0.6) is 5.88 Å². The molecule has 0 atom stereocenters. The predicted octanol–water partition coefficient (Wildman–Crippen LogP) is 2.81. The Bertz CT molecular complexity index is 1100. The monoisotopic (exact) mass is 383 g/mol. The molecule has 2 amide bonds. The quantitative estimate of drug-likeness (QED) is 0.256. The van der Waals surface area contributed by atoms with Crippen molar-refractivity contribution in [3.05, 3.63) is 58.5 Å². The van der Waals surface area contributed by atoms with Gasteiger partial charge < -0.3 is 19.8 Å². The van der Waals surface area contributed by atoms with Gasteiger partial charge in [-0.1, -0.05) is 0 Å². The fourth-order valence-corrected chi connectivity index (χ4v) is 2.27. The number of carbonyl (C=O) groups is 2. The predicted molar refractivity (Wildman–Crippen MR) is 96.9 cm³/mol. The second kappa shape index (κ2) is 7.95. The number of rotatable bonds is 6. The van der Waals surface area contributed by atoms with Crippen LogP contribution in [-0.2, 0) is 9.59 Å². The molecule has 0 aliphatic rings. The van der Waals surface area contributed by atoms with Gasteiger partial charge in [0.15, 0.2) is 5.69 Å². The molecule has 0 bridgehead atoms. The zero-order valence-corrected chi connectivity index (χ0v) is 14.2. The summed E-state index contributed by atoms with van der Waals surface area (Å²) in [6, 6.07) is 7.18. The van der Waals surface area contributed by atoms with Gasteiger partial charge in [-0.3, -0.25) is 19.7 Å². The van der Waals surface area contributed by atoms with Gasteiger partial charge >= 0.3 is 0 Å². The zero-order chi connectivity index (χ0) is 20.1. The molecule has 142 valence electrons. The number of non-ortho nitro benzene ring substituents is 1. The van der Waals surface area contributed by atoms with E-state index < -0.39 is 29.2 Å². The highest BCUT2D eigenvalue weighted by atomic mass is 16.6. The van der Waals surface area contributed by atoms with Crippen molar-refractivity contribution in [2.75, 3.05) is 6.54 Å². The van der Waals surface area contributed by atoms with Gasteiger partial charge in [0, 0.05) is 23.6 Å². The first-order chi connectivity index (χ1) is 13.4. The molecule has 0 saturated heterocycles. The third kappa shape index (κ3) is 4.27. The van der Waals surface area contributed by atoms with Crippen molar-refractivity contribution < 1.29 is 24.0 Å². The molecule has 3 N–H and O–H groups in total. The van der Waals surface area contributed by atoms with E-state index in [4.69, 9.17) is 4.42 Å². The Hall–Kier alpha value is -4.28. The molecule has 1 aromatic carbocycles. The number of carbonyl (C=O) groups excluding carboxylic acids is 2. The number of azo groups is 1. The Morgan fingerprint density at radius 2 is 2.18 bits per heavy atom. The molecular formula is C17H13N5O6. The van der Waals surface area contributed by atoms with Crippen LogP contribution in [0.4, 0.5) is 11.4 Å². The van der Waals surface area contributed by atoms with E-state index in [0.29, 0.717) is 11.3 Å². The van der Waals surface area contributed by atoms with Crippen molar-refractivity contribution >= 4 is 40.2 Å². The molecule has 11 heteroatoms. The van der Waals surface area contributed by atoms with E-state index in [-0.39, 0.29) is 16.8 Å². The Morgan fingerprint density at radius 1 is 1.36 bits per heavy atom. The Morgan fingerprint density at radius 3 is 2.89 bits per heavy atom. The number of benzene rings is 1. The van der Waals surface area contributed by atoms with Crippen molar-refractivity contribution in [2.24, 2.45) is 10.2 Å². The number of H-pyrrole nitrogens is 1. The standard InChI is InChI=1S/C17H13N5O6/c23-14(6-4-11-2-1-7-28-11)18-9-15(24)20-21-16-12-8-10(22(26)27)3-5-13(12)19-17(16)25/h1-8,19,25H,9H2,(H,18,23)/b6-4+,21-20?. The lowest BCUT2D eigenvalue weighted by Gasteiger charge is -1.97. The molecule has 2 heterocycles. The Balaban J connectivity index is 1.65. The minimum Gasteiger partial charge on any atom is -0.493 e. The first-order valence-corrected chi connectivity index (χ1v) is 7.87. The molecular weight excluding hydrogens is 370 g/mol. The van der Waals surface area contributed by atoms with Gasteiger partial charge in [0.25, 0.3) is 11.6 Å². The fraction of sp³-hybridized carbons (Fsp3) is 0.0588. The number of nitro benzene ring substituents is 1. The lowest BCUT2D eigenvalue weighted by molar-refractivity contribution is -0.384. The number of aromatic amines is 1. The molecule has 0 aliphatic carbocycles. The van der Waals surface area contributed by atoms with E-state index in [9.17, 15) is 24.8 Å². The highest BCUT2D eigenvalue weighted by Gasteiger charge is 2.15. The second-order valence-corrected chi connectivity index (χ2v) is 5.47. The minimum atomic E-state index is -0.779. The number of aromatic hydroxyl groups is 1. The summed E-state index contributed by atoms with van der Waals surface area (Å²) in [5, 5.41) is 30.4. The van der Waals surface area contributed by atoms with Crippen molar-refractivity contribution in [1.29, 1.82) is 0 Å². The molecule has 0 unspecified atom stereocenters. The van der Waals surface area contributed by atoms with Crippen molar-refractivity contribution in [1.82, 2.24) is 10.3 Å². The van der Waals surface area contributed by atoms with Crippen LogP contribution in [0.15, 0.2) is 57.3 Å². The van der Waals surface area contributed by atoms with Gasteiger partial charge in [-0.15, -0.1) is 10.2 Å². The average molecular weight is 383 g/mol. The second-order valence-electron chi connectivity index (χ2n) is 5.47. The number of nitrogens with one attached hydrogen (secondary N) is 2. The highest BCUT2D eigenvalue weighted by molar-refractivity contribution is 5.96. The number of aromatic nitrogens is 1. The maximum atomic E-state index is 11.8. The van der Waals surface area contributed by atoms with Crippen molar-refractivity contribution in [2.45, 2.75) is 0 Å². The summed E-state index contributed by atoms with van der Waals surface area (Å²) in [6.07, 6.45) is 4.07. The van der Waals surface area contributed by atoms with Crippen molar-refractivity contribution in [3.8, 4) is 5.88 Å². The molecule has 28 heavy (non-hydrogen) atoms. The smallest absolute Gasteiger partial charge is 0.283 e. The lowest BCUT2D eigenvalue weighted by Crippen LogP contribution is -2.26. The number of hydrogen-bond acceptors (Lipinski definition) is 7. The number of nitrogens with zero attached hydrogens (tertiary/aromatic N) is 3. The van der Waals surface area contributed by atoms with Crippen LogP contribution in [0.3, 0.4) is 0 Å². The summed E-state index contributed by atoms with van der Waals surface area (Å²) >= 11 is 0. The van der Waals surface area contributed by atoms with E-state index in [2.05, 4.69) is 20.5 Å². The maximum absolute atomic E-state index is 11.8. The van der Waals surface area contributed by atoms with Crippen molar-refractivity contribution in [3.63, 3.8) is 0 Å². The highest BCUT2D eigenvalue weighted by Crippen LogP contribution is 2.37. The van der Waals surface area contributed by atoms with Gasteiger partial charge in [-0.25, -0.2) is 0 Å². The van der Waals surface area contributed by atoms with Crippen LogP contribution >= 0.6 is 0 Å². The van der Waals surface area contributed by atoms with Crippen LogP contribution in [0.25, 0.3) is 17.0 Å². The van der Waals surface area contributed by atoms with Crippen LogP contribution in [0.2, 0.25) is 0 Å². The Labute approximate surface area is 156 Å². The summed E-state index contributed by atoms with van der Waals surface area (Å²) in [5.41, 5.74) is 0.0711. The maximum Gasteiger partial charge on any atom is 0.283 e. The molecule has 3 aromatic rings. The molecule has 0 fully saturated rings. The summed E-state index contributed by atoms with van der Waals surface area (Å²) < 4.78 is 5.02. The van der Waals surface area contributed by atoms with E-state index in [1.165, 1.54) is 36.6 Å². The van der Waals surface area contributed by atoms with E-state index in [1.54, 1.807) is 12.1 Å². The number of hydrogen-bond donors (Lipinski definition) is 3. The first-order valence-electron chi connectivity index (χ1n) is 7.87. The topological polar surface area (TPSA) is 163 Å². The summed E-state index contributed by atoms with van der Waals surface area (Å²) in [4.78, 5) is 36.3. The zero-order valence-electron chi connectivity index (χ0n) is 14.2. The molecule has 11 nitrogen and oxygen atoms in total. The van der Waals surface area contributed by atoms with E-state index >= 15 is 0 Å². The van der Waals surface area contributed by atoms with E-state index in [0.717, 1.165) is 0 Å². The largest absolute Gasteiger partial charge is 0.493 e. The third-order valence-corrected chi connectivity index (χ3v) is 3.56. The van der Waals surface area contributed by atoms with Crippen LogP contribution in [0, 0.1) is 10.1 Å². The SMILES string of the molecule is O=C(CNC(=O)/C=C/c1ccco1)N=Nc1c(O)[nH]c2ccc([N+](=O)[O-])cc12. The number of fused-ring (bicyclic) bond motifs is 1. The van der Waals surface area contributed by atoms with Crippen LogP contribution in [0.1, 0.15) is 5.76 Å². The lowest BCUT2D eigenvalue weighted by atomic mass is 10.2. The average Bonchev–Trinajstić information content (AvgIpc) is 3.29. The minimum absolute atomic E-state index is 0.115. The first kappa shape index (κ1) is 18.5. The van der Waals surface area contributed by atoms with Gasteiger partial charge in [-0.2, -0.15) is 0 Å². The number of furan rings is 1. The van der Waals surface area contributed by atoms with Gasteiger partial charge in [0.05, 0.1) is 16.7 Å². The molecule has 2 aromatic heterocycles. The van der Waals surface area contributed by atoms with Gasteiger partial charge in [-0.05, 0) is 24.3 Å².